The lowest BCUT2D eigenvalue weighted by molar-refractivity contribution is 0.394. The fourth-order valence-electron chi connectivity index (χ4n) is 1.95. The highest BCUT2D eigenvalue weighted by Gasteiger charge is 2.11. The molecule has 86 valence electrons. The Morgan fingerprint density at radius 1 is 1.25 bits per heavy atom. The van der Waals surface area contributed by atoms with E-state index in [1.54, 1.807) is 6.07 Å². The number of rotatable bonds is 3. The Morgan fingerprint density at radius 2 is 2.12 bits per heavy atom. The molecule has 1 atom stereocenters. The molecule has 1 aliphatic rings. The maximum absolute atomic E-state index is 9.62. The summed E-state index contributed by atoms with van der Waals surface area (Å²) in [5, 5.41) is 22.4. The first-order valence-electron chi connectivity index (χ1n) is 5.65. The van der Waals surface area contributed by atoms with Crippen molar-refractivity contribution >= 4 is 0 Å². The van der Waals surface area contributed by atoms with Gasteiger partial charge in [-0.25, -0.2) is 0 Å². The van der Waals surface area contributed by atoms with Gasteiger partial charge in [0.25, 0.3) is 0 Å². The summed E-state index contributed by atoms with van der Waals surface area (Å²) in [4.78, 5) is 0. The number of aromatic hydroxyl groups is 2. The monoisotopic (exact) mass is 219 g/mol. The molecule has 16 heavy (non-hydrogen) atoms. The number of phenols is 2. The fraction of sp³-hybridized carbons (Fsp3) is 0.385. The second-order valence-electron chi connectivity index (χ2n) is 4.15. The molecule has 1 aromatic rings. The van der Waals surface area contributed by atoms with Crippen LogP contribution in [0.2, 0.25) is 0 Å². The molecule has 0 bridgehead atoms. The van der Waals surface area contributed by atoms with Crippen LogP contribution in [0.25, 0.3) is 0 Å². The van der Waals surface area contributed by atoms with E-state index in [0.717, 1.165) is 24.8 Å². The predicted molar refractivity (Wildman–Crippen MR) is 63.4 cm³/mol. The zero-order valence-electron chi connectivity index (χ0n) is 9.19. The van der Waals surface area contributed by atoms with Gasteiger partial charge in [-0.1, -0.05) is 24.3 Å². The maximum Gasteiger partial charge on any atom is 0.161 e. The minimum atomic E-state index is -0.0529. The van der Waals surface area contributed by atoms with Gasteiger partial charge in [0.15, 0.2) is 11.5 Å². The zero-order chi connectivity index (χ0) is 11.4. The third-order valence-electron chi connectivity index (χ3n) is 2.95. The van der Waals surface area contributed by atoms with E-state index in [0.29, 0.717) is 12.6 Å². The molecule has 0 aliphatic heterocycles. The molecule has 1 unspecified atom stereocenters. The van der Waals surface area contributed by atoms with E-state index in [2.05, 4.69) is 17.5 Å². The van der Waals surface area contributed by atoms with E-state index >= 15 is 0 Å². The lowest BCUT2D eigenvalue weighted by Gasteiger charge is -2.19. The second-order valence-corrected chi connectivity index (χ2v) is 4.15. The van der Waals surface area contributed by atoms with E-state index in [1.807, 2.05) is 6.07 Å². The Labute approximate surface area is 95.4 Å². The summed E-state index contributed by atoms with van der Waals surface area (Å²) < 4.78 is 0. The van der Waals surface area contributed by atoms with E-state index in [4.69, 9.17) is 0 Å². The Hall–Kier alpha value is -1.48. The van der Waals surface area contributed by atoms with Crippen molar-refractivity contribution in [1.29, 1.82) is 0 Å². The Kier molecular flexibility index (Phi) is 3.47. The standard InChI is InChI=1S/C13H17NO2/c15-12-8-4-5-10(13(12)16)9-14-11-6-2-1-3-7-11/h1-2,4-5,8,11,14-16H,3,6-7,9H2. The molecule has 0 radical (unpaired) electrons. The molecule has 0 saturated carbocycles. The van der Waals surface area contributed by atoms with Crippen molar-refractivity contribution in [2.75, 3.05) is 0 Å². The summed E-state index contributed by atoms with van der Waals surface area (Å²) in [6.07, 6.45) is 7.67. The van der Waals surface area contributed by atoms with Crippen molar-refractivity contribution in [1.82, 2.24) is 5.32 Å². The molecule has 3 heteroatoms. The van der Waals surface area contributed by atoms with Crippen LogP contribution in [-0.4, -0.2) is 16.3 Å². The molecule has 0 amide bonds. The fourth-order valence-corrected chi connectivity index (χ4v) is 1.95. The smallest absolute Gasteiger partial charge is 0.161 e. The van der Waals surface area contributed by atoms with E-state index in [-0.39, 0.29) is 11.5 Å². The first-order chi connectivity index (χ1) is 7.77. The van der Waals surface area contributed by atoms with Crippen molar-refractivity contribution in [3.63, 3.8) is 0 Å². The Bertz CT molecular complexity index is 388. The van der Waals surface area contributed by atoms with Gasteiger partial charge in [0, 0.05) is 18.2 Å². The predicted octanol–water partition coefficient (Wildman–Crippen LogP) is 2.30. The van der Waals surface area contributed by atoms with Gasteiger partial charge < -0.3 is 15.5 Å². The molecule has 0 heterocycles. The SMILES string of the molecule is Oc1cccc(CNC2CC=CCC2)c1O. The maximum atomic E-state index is 9.62. The summed E-state index contributed by atoms with van der Waals surface area (Å²) in [5.41, 5.74) is 0.745. The highest BCUT2D eigenvalue weighted by atomic mass is 16.3. The average molecular weight is 219 g/mol. The molecule has 3 N–H and O–H groups in total. The van der Waals surface area contributed by atoms with Gasteiger partial charge in [0.05, 0.1) is 0 Å². The molecule has 2 rings (SSSR count). The van der Waals surface area contributed by atoms with Crippen LogP contribution < -0.4 is 5.32 Å². The third kappa shape index (κ3) is 2.55. The molecule has 3 nitrogen and oxygen atoms in total. The topological polar surface area (TPSA) is 52.5 Å². The van der Waals surface area contributed by atoms with Gasteiger partial charge in [0.2, 0.25) is 0 Å². The number of hydrogen-bond acceptors (Lipinski definition) is 3. The van der Waals surface area contributed by atoms with Gasteiger partial charge in [-0.3, -0.25) is 0 Å². The lowest BCUT2D eigenvalue weighted by atomic mass is 10.0. The normalized spacial score (nSPS) is 19.9. The Balaban J connectivity index is 1.94. The van der Waals surface area contributed by atoms with Crippen molar-refractivity contribution < 1.29 is 10.2 Å². The van der Waals surface area contributed by atoms with Crippen molar-refractivity contribution in [3.8, 4) is 11.5 Å². The van der Waals surface area contributed by atoms with Crippen LogP contribution in [0, 0.1) is 0 Å². The summed E-state index contributed by atoms with van der Waals surface area (Å²) in [7, 11) is 0. The first-order valence-corrected chi connectivity index (χ1v) is 5.65. The van der Waals surface area contributed by atoms with Gasteiger partial charge in [-0.05, 0) is 25.3 Å². The molecule has 0 spiro atoms. The number of nitrogens with one attached hydrogen (secondary N) is 1. The number of phenolic OH excluding ortho intramolecular Hbond substituents is 2. The van der Waals surface area contributed by atoms with Gasteiger partial charge in [0.1, 0.15) is 0 Å². The number of hydrogen-bond donors (Lipinski definition) is 3. The molecular formula is C13H17NO2. The van der Waals surface area contributed by atoms with E-state index < -0.39 is 0 Å². The van der Waals surface area contributed by atoms with Crippen LogP contribution in [0.5, 0.6) is 11.5 Å². The van der Waals surface area contributed by atoms with Crippen LogP contribution in [0.15, 0.2) is 30.4 Å². The molecule has 0 fully saturated rings. The van der Waals surface area contributed by atoms with Crippen LogP contribution in [0.3, 0.4) is 0 Å². The molecular weight excluding hydrogens is 202 g/mol. The van der Waals surface area contributed by atoms with Gasteiger partial charge >= 0.3 is 0 Å². The third-order valence-corrected chi connectivity index (χ3v) is 2.95. The minimum absolute atomic E-state index is 0.0126. The quantitative estimate of drug-likeness (QED) is 0.540. The number of para-hydroxylation sites is 1. The van der Waals surface area contributed by atoms with Crippen molar-refractivity contribution in [3.05, 3.63) is 35.9 Å². The van der Waals surface area contributed by atoms with Gasteiger partial charge in [-0.2, -0.15) is 0 Å². The molecule has 0 aromatic heterocycles. The Morgan fingerprint density at radius 3 is 2.88 bits per heavy atom. The van der Waals surface area contributed by atoms with Crippen molar-refractivity contribution in [2.24, 2.45) is 0 Å². The van der Waals surface area contributed by atoms with Crippen molar-refractivity contribution in [2.45, 2.75) is 31.8 Å². The van der Waals surface area contributed by atoms with E-state index in [9.17, 15) is 10.2 Å². The number of benzene rings is 1. The minimum Gasteiger partial charge on any atom is -0.504 e. The highest BCUT2D eigenvalue weighted by molar-refractivity contribution is 5.44. The van der Waals surface area contributed by atoms with Gasteiger partial charge in [-0.15, -0.1) is 0 Å². The van der Waals surface area contributed by atoms with E-state index in [1.165, 1.54) is 6.07 Å². The zero-order valence-corrected chi connectivity index (χ0v) is 9.19. The summed E-state index contributed by atoms with van der Waals surface area (Å²) in [6.45, 7) is 0.596. The largest absolute Gasteiger partial charge is 0.504 e. The first kappa shape index (κ1) is 11.0. The average Bonchev–Trinajstić information content (AvgIpc) is 2.32. The van der Waals surface area contributed by atoms with Crippen LogP contribution >= 0.6 is 0 Å². The van der Waals surface area contributed by atoms with Crippen LogP contribution in [0.1, 0.15) is 24.8 Å². The van der Waals surface area contributed by atoms with Crippen LogP contribution in [0.4, 0.5) is 0 Å². The molecule has 1 aliphatic carbocycles. The van der Waals surface area contributed by atoms with Crippen LogP contribution in [-0.2, 0) is 6.54 Å². The number of allylic oxidation sites excluding steroid dienone is 1. The molecule has 0 saturated heterocycles. The molecule has 1 aromatic carbocycles. The second kappa shape index (κ2) is 5.03. The lowest BCUT2D eigenvalue weighted by Crippen LogP contribution is -2.29. The summed E-state index contributed by atoms with van der Waals surface area (Å²) >= 11 is 0. The highest BCUT2D eigenvalue weighted by Crippen LogP contribution is 2.28. The summed E-state index contributed by atoms with van der Waals surface area (Å²) in [5.74, 6) is -0.0656. The summed E-state index contributed by atoms with van der Waals surface area (Å²) in [6, 6.07) is 5.53.